The molecule has 0 atom stereocenters. The van der Waals surface area contributed by atoms with Crippen LogP contribution < -0.4 is 5.32 Å². The molecule has 5 heteroatoms. The van der Waals surface area contributed by atoms with Gasteiger partial charge in [-0.1, -0.05) is 28.1 Å². The maximum atomic E-state index is 10.8. The number of rotatable bonds is 5. The average Bonchev–Trinajstić information content (AvgIpc) is 2.35. The number of carbonyl (C=O) groups is 1. The molecule has 0 aromatic heterocycles. The Kier molecular flexibility index (Phi) is 5.62. The number of amides is 1. The minimum absolute atomic E-state index is 0.390. The van der Waals surface area contributed by atoms with Crippen LogP contribution in [0.4, 0.5) is 4.79 Å². The zero-order valence-electron chi connectivity index (χ0n) is 10.8. The molecule has 1 rings (SSSR count). The normalized spacial score (nSPS) is 11.1. The fourth-order valence-electron chi connectivity index (χ4n) is 1.47. The first-order valence-electron chi connectivity index (χ1n) is 5.67. The molecule has 100 valence electrons. The zero-order chi connectivity index (χ0) is 13.6. The molecule has 0 spiro atoms. The summed E-state index contributed by atoms with van der Waals surface area (Å²) in [7, 11) is 1.34. The van der Waals surface area contributed by atoms with E-state index in [0.717, 1.165) is 10.0 Å². The largest absolute Gasteiger partial charge is 0.453 e. The summed E-state index contributed by atoms with van der Waals surface area (Å²) in [5.41, 5.74) is 0.696. The summed E-state index contributed by atoms with van der Waals surface area (Å²) in [6, 6.07) is 7.98. The van der Waals surface area contributed by atoms with Crippen molar-refractivity contribution in [3.05, 3.63) is 34.3 Å². The minimum atomic E-state index is -0.444. The standard InChI is InChI=1S/C13H18BrNO3/c1-13(2,10-4-6-11(14)7-5-10)18-9-8-15-12(16)17-3/h4-7H,8-9H2,1-3H3,(H,15,16). The number of methoxy groups -OCH3 is 1. The molecule has 0 bridgehead atoms. The van der Waals surface area contributed by atoms with E-state index in [1.165, 1.54) is 7.11 Å². The van der Waals surface area contributed by atoms with Gasteiger partial charge in [0, 0.05) is 11.0 Å². The van der Waals surface area contributed by atoms with E-state index >= 15 is 0 Å². The predicted molar refractivity (Wildman–Crippen MR) is 73.5 cm³/mol. The zero-order valence-corrected chi connectivity index (χ0v) is 12.4. The van der Waals surface area contributed by atoms with Crippen molar-refractivity contribution in [3.63, 3.8) is 0 Å². The van der Waals surface area contributed by atoms with Crippen LogP contribution in [-0.4, -0.2) is 26.4 Å². The van der Waals surface area contributed by atoms with Gasteiger partial charge < -0.3 is 14.8 Å². The molecule has 18 heavy (non-hydrogen) atoms. The molecule has 0 radical (unpaired) electrons. The predicted octanol–water partition coefficient (Wildman–Crippen LogP) is 3.06. The van der Waals surface area contributed by atoms with Gasteiger partial charge in [-0.25, -0.2) is 4.79 Å². The van der Waals surface area contributed by atoms with Crippen molar-refractivity contribution in [2.24, 2.45) is 0 Å². The Balaban J connectivity index is 2.44. The lowest BCUT2D eigenvalue weighted by Gasteiger charge is -2.26. The number of ether oxygens (including phenoxy) is 2. The van der Waals surface area contributed by atoms with Gasteiger partial charge in [-0.15, -0.1) is 0 Å². The fraction of sp³-hybridized carbons (Fsp3) is 0.462. The van der Waals surface area contributed by atoms with Crippen molar-refractivity contribution in [1.29, 1.82) is 0 Å². The van der Waals surface area contributed by atoms with Crippen LogP contribution in [0, 0.1) is 0 Å². The van der Waals surface area contributed by atoms with Crippen LogP contribution in [0.2, 0.25) is 0 Å². The molecule has 4 nitrogen and oxygen atoms in total. The van der Waals surface area contributed by atoms with E-state index in [9.17, 15) is 4.79 Å². The highest BCUT2D eigenvalue weighted by Crippen LogP contribution is 2.25. The molecule has 1 aromatic carbocycles. The van der Waals surface area contributed by atoms with Crippen LogP contribution in [0.3, 0.4) is 0 Å². The number of carbonyl (C=O) groups excluding carboxylic acids is 1. The molecule has 0 aliphatic carbocycles. The molecule has 1 amide bonds. The lowest BCUT2D eigenvalue weighted by atomic mass is 9.98. The Morgan fingerprint density at radius 1 is 1.33 bits per heavy atom. The second-order valence-corrected chi connectivity index (χ2v) is 5.20. The van der Waals surface area contributed by atoms with E-state index in [4.69, 9.17) is 4.74 Å². The van der Waals surface area contributed by atoms with Crippen LogP contribution in [0.15, 0.2) is 28.7 Å². The lowest BCUT2D eigenvalue weighted by Crippen LogP contribution is -2.30. The van der Waals surface area contributed by atoms with Gasteiger partial charge in [0.15, 0.2) is 0 Å². The van der Waals surface area contributed by atoms with Crippen molar-refractivity contribution in [2.75, 3.05) is 20.3 Å². The Bertz CT molecular complexity index is 390. The highest BCUT2D eigenvalue weighted by atomic mass is 79.9. The Morgan fingerprint density at radius 3 is 2.50 bits per heavy atom. The number of alkyl carbamates (subject to hydrolysis) is 1. The van der Waals surface area contributed by atoms with Gasteiger partial charge in [-0.2, -0.15) is 0 Å². The second kappa shape index (κ2) is 6.75. The summed E-state index contributed by atoms with van der Waals surface area (Å²) < 4.78 is 11.3. The smallest absolute Gasteiger partial charge is 0.406 e. The molecule has 0 aliphatic rings. The monoisotopic (exact) mass is 315 g/mol. The van der Waals surface area contributed by atoms with Gasteiger partial charge in [-0.05, 0) is 31.5 Å². The minimum Gasteiger partial charge on any atom is -0.453 e. The van der Waals surface area contributed by atoms with Crippen molar-refractivity contribution in [3.8, 4) is 0 Å². The molecule has 1 aromatic rings. The van der Waals surface area contributed by atoms with Gasteiger partial charge in [0.25, 0.3) is 0 Å². The van der Waals surface area contributed by atoms with Crippen LogP contribution in [0.1, 0.15) is 19.4 Å². The van der Waals surface area contributed by atoms with Gasteiger partial charge in [-0.3, -0.25) is 0 Å². The molecule has 0 fully saturated rings. The van der Waals surface area contributed by atoms with E-state index in [1.807, 2.05) is 38.1 Å². The van der Waals surface area contributed by atoms with E-state index in [1.54, 1.807) is 0 Å². The Hall–Kier alpha value is -1.07. The van der Waals surface area contributed by atoms with Crippen molar-refractivity contribution in [2.45, 2.75) is 19.4 Å². The third kappa shape index (κ3) is 4.66. The molecule has 0 saturated carbocycles. The summed E-state index contributed by atoms with van der Waals surface area (Å²) in [6.07, 6.45) is -0.444. The number of hydrogen-bond acceptors (Lipinski definition) is 3. The van der Waals surface area contributed by atoms with Crippen LogP contribution in [-0.2, 0) is 15.1 Å². The maximum absolute atomic E-state index is 10.8. The van der Waals surface area contributed by atoms with E-state index in [2.05, 4.69) is 26.0 Å². The summed E-state index contributed by atoms with van der Waals surface area (Å²) in [5.74, 6) is 0. The highest BCUT2D eigenvalue weighted by Gasteiger charge is 2.20. The topological polar surface area (TPSA) is 47.6 Å². The number of benzene rings is 1. The highest BCUT2D eigenvalue weighted by molar-refractivity contribution is 9.10. The maximum Gasteiger partial charge on any atom is 0.406 e. The van der Waals surface area contributed by atoms with Gasteiger partial charge in [0.2, 0.25) is 0 Å². The molecule has 0 aliphatic heterocycles. The van der Waals surface area contributed by atoms with Crippen LogP contribution in [0.25, 0.3) is 0 Å². The first kappa shape index (κ1) is 15.0. The molecular weight excluding hydrogens is 298 g/mol. The summed E-state index contributed by atoms with van der Waals surface area (Å²) >= 11 is 3.40. The molecule has 0 heterocycles. The SMILES string of the molecule is COC(=O)NCCOC(C)(C)c1ccc(Br)cc1. The lowest BCUT2D eigenvalue weighted by molar-refractivity contribution is -0.0195. The molecular formula is C13H18BrNO3. The number of hydrogen-bond donors (Lipinski definition) is 1. The molecule has 0 saturated heterocycles. The van der Waals surface area contributed by atoms with E-state index < -0.39 is 11.7 Å². The third-order valence-corrected chi connectivity index (χ3v) is 3.09. The summed E-state index contributed by atoms with van der Waals surface area (Å²) in [5, 5.41) is 2.57. The average molecular weight is 316 g/mol. The van der Waals surface area contributed by atoms with E-state index in [-0.39, 0.29) is 0 Å². The number of nitrogens with one attached hydrogen (secondary N) is 1. The summed E-state index contributed by atoms with van der Waals surface area (Å²) in [6.45, 7) is 4.84. The molecule has 1 N–H and O–H groups in total. The molecule has 0 unspecified atom stereocenters. The van der Waals surface area contributed by atoms with Crippen molar-refractivity contribution in [1.82, 2.24) is 5.32 Å². The van der Waals surface area contributed by atoms with Crippen molar-refractivity contribution >= 4 is 22.0 Å². The van der Waals surface area contributed by atoms with Gasteiger partial charge in [0.05, 0.1) is 19.3 Å². The first-order chi connectivity index (χ1) is 8.45. The Labute approximate surface area is 116 Å². The fourth-order valence-corrected chi connectivity index (χ4v) is 1.73. The van der Waals surface area contributed by atoms with E-state index in [0.29, 0.717) is 13.2 Å². The first-order valence-corrected chi connectivity index (χ1v) is 6.47. The second-order valence-electron chi connectivity index (χ2n) is 4.28. The summed E-state index contributed by atoms with van der Waals surface area (Å²) in [4.78, 5) is 10.8. The Morgan fingerprint density at radius 2 is 1.94 bits per heavy atom. The van der Waals surface area contributed by atoms with Crippen LogP contribution in [0.5, 0.6) is 0 Å². The van der Waals surface area contributed by atoms with Gasteiger partial charge in [0.1, 0.15) is 0 Å². The van der Waals surface area contributed by atoms with Crippen LogP contribution >= 0.6 is 15.9 Å². The number of halogens is 1. The quantitative estimate of drug-likeness (QED) is 0.849. The third-order valence-electron chi connectivity index (χ3n) is 2.56. The van der Waals surface area contributed by atoms with Crippen molar-refractivity contribution < 1.29 is 14.3 Å². The van der Waals surface area contributed by atoms with Gasteiger partial charge >= 0.3 is 6.09 Å².